The monoisotopic (exact) mass is 440 g/mol. The van der Waals surface area contributed by atoms with Crippen LogP contribution in [0, 0.1) is 0 Å². The Morgan fingerprint density at radius 1 is 1.22 bits per heavy atom. The molecular formula is C24H28N2O6. The van der Waals surface area contributed by atoms with Crippen molar-refractivity contribution in [1.82, 2.24) is 9.88 Å². The third-order valence-electron chi connectivity index (χ3n) is 5.53. The number of hydrogen-bond donors (Lipinski definition) is 1. The van der Waals surface area contributed by atoms with Crippen LogP contribution in [0.3, 0.4) is 0 Å². The zero-order chi connectivity index (χ0) is 22.3. The summed E-state index contributed by atoms with van der Waals surface area (Å²) >= 11 is 0. The van der Waals surface area contributed by atoms with Crippen LogP contribution in [-0.4, -0.2) is 36.9 Å². The number of carbonyl (C=O) groups is 1. The number of rotatable bonds is 10. The largest absolute Gasteiger partial charge is 0.493 e. The van der Waals surface area contributed by atoms with Gasteiger partial charge in [0.1, 0.15) is 6.61 Å². The van der Waals surface area contributed by atoms with E-state index in [2.05, 4.69) is 5.32 Å². The Bertz CT molecular complexity index is 1110. The average Bonchev–Trinajstić information content (AvgIpc) is 3.44. The number of benzene rings is 2. The Labute approximate surface area is 186 Å². The highest BCUT2D eigenvalue weighted by Gasteiger charge is 2.17. The Balaban J connectivity index is 1.25. The summed E-state index contributed by atoms with van der Waals surface area (Å²) in [7, 11) is 1.60. The van der Waals surface area contributed by atoms with E-state index in [1.54, 1.807) is 17.7 Å². The van der Waals surface area contributed by atoms with Gasteiger partial charge in [0.25, 0.3) is 0 Å². The lowest BCUT2D eigenvalue weighted by atomic mass is 10.2. The summed E-state index contributed by atoms with van der Waals surface area (Å²) in [6.45, 7) is 2.10. The number of hydrogen-bond acceptors (Lipinski definition) is 6. The quantitative estimate of drug-likeness (QED) is 0.520. The van der Waals surface area contributed by atoms with Gasteiger partial charge in [-0.05, 0) is 49.1 Å². The second-order valence-electron chi connectivity index (χ2n) is 7.80. The van der Waals surface area contributed by atoms with Gasteiger partial charge in [-0.2, -0.15) is 0 Å². The first-order valence-corrected chi connectivity index (χ1v) is 10.9. The van der Waals surface area contributed by atoms with Gasteiger partial charge in [-0.15, -0.1) is 0 Å². The molecule has 2 heterocycles. The number of carbonyl (C=O) groups excluding carboxylic acids is 1. The lowest BCUT2D eigenvalue weighted by molar-refractivity contribution is -0.121. The van der Waals surface area contributed by atoms with Gasteiger partial charge in [-0.3, -0.25) is 9.36 Å². The van der Waals surface area contributed by atoms with Crippen molar-refractivity contribution in [2.45, 2.75) is 44.9 Å². The van der Waals surface area contributed by atoms with Gasteiger partial charge in [0, 0.05) is 26.1 Å². The molecule has 1 saturated heterocycles. The van der Waals surface area contributed by atoms with E-state index in [1.165, 1.54) is 0 Å². The zero-order valence-electron chi connectivity index (χ0n) is 18.2. The predicted octanol–water partition coefficient (Wildman–Crippen LogP) is 3.26. The first-order valence-electron chi connectivity index (χ1n) is 10.9. The van der Waals surface area contributed by atoms with E-state index >= 15 is 0 Å². The minimum Gasteiger partial charge on any atom is -0.493 e. The van der Waals surface area contributed by atoms with Crippen molar-refractivity contribution in [2.24, 2.45) is 0 Å². The predicted molar refractivity (Wildman–Crippen MR) is 119 cm³/mol. The van der Waals surface area contributed by atoms with Gasteiger partial charge in [0.05, 0.1) is 18.7 Å². The molecule has 1 N–H and O–H groups in total. The maximum atomic E-state index is 12.3. The van der Waals surface area contributed by atoms with Crippen molar-refractivity contribution in [1.29, 1.82) is 0 Å². The summed E-state index contributed by atoms with van der Waals surface area (Å²) in [6, 6.07) is 12.9. The number of fused-ring (bicyclic) bond motifs is 1. The van der Waals surface area contributed by atoms with Crippen LogP contribution >= 0.6 is 0 Å². The second-order valence-corrected chi connectivity index (χ2v) is 7.80. The molecule has 4 rings (SSSR count). The molecule has 0 radical (unpaired) electrons. The molecule has 0 saturated carbocycles. The number of aryl methyl sites for hydroxylation is 1. The van der Waals surface area contributed by atoms with Gasteiger partial charge in [-0.25, -0.2) is 4.79 Å². The summed E-state index contributed by atoms with van der Waals surface area (Å²) in [5.74, 6) is 0.806. The van der Waals surface area contributed by atoms with Gasteiger partial charge in [0.15, 0.2) is 17.1 Å². The van der Waals surface area contributed by atoms with Crippen LogP contribution in [0.25, 0.3) is 11.1 Å². The van der Waals surface area contributed by atoms with E-state index in [4.69, 9.17) is 18.6 Å². The molecule has 1 aliphatic rings. The Hall–Kier alpha value is -3.26. The SMILES string of the molecule is COc1cc(CNC(=O)CCCn2c(=O)oc3ccccc32)ccc1OCC1CCCO1. The molecule has 170 valence electrons. The van der Waals surface area contributed by atoms with Crippen LogP contribution in [0.2, 0.25) is 0 Å². The van der Waals surface area contributed by atoms with Crippen LogP contribution < -0.4 is 20.5 Å². The zero-order valence-corrected chi connectivity index (χ0v) is 18.2. The Morgan fingerprint density at radius 3 is 2.91 bits per heavy atom. The molecule has 0 spiro atoms. The number of nitrogens with one attached hydrogen (secondary N) is 1. The van der Waals surface area contributed by atoms with Gasteiger partial charge >= 0.3 is 5.76 Å². The van der Waals surface area contributed by atoms with Gasteiger partial charge in [0.2, 0.25) is 5.91 Å². The molecule has 1 unspecified atom stereocenters. The molecule has 1 aromatic heterocycles. The smallest absolute Gasteiger partial charge is 0.419 e. The fraction of sp³-hybridized carbons (Fsp3) is 0.417. The molecule has 1 amide bonds. The summed E-state index contributed by atoms with van der Waals surface area (Å²) in [6.07, 6.45) is 3.06. The first kappa shape index (κ1) is 22.0. The minimum atomic E-state index is -0.402. The normalized spacial score (nSPS) is 15.7. The number of oxazole rings is 1. The number of para-hydroxylation sites is 2. The molecule has 8 nitrogen and oxygen atoms in total. The summed E-state index contributed by atoms with van der Waals surface area (Å²) in [5, 5.41) is 2.91. The number of amides is 1. The Morgan fingerprint density at radius 2 is 2.09 bits per heavy atom. The minimum absolute atomic E-state index is 0.0801. The second kappa shape index (κ2) is 10.4. The number of nitrogens with zero attached hydrogens (tertiary/aromatic N) is 1. The molecule has 2 aromatic carbocycles. The van der Waals surface area contributed by atoms with E-state index < -0.39 is 5.76 Å². The molecule has 1 aliphatic heterocycles. The lowest BCUT2D eigenvalue weighted by Crippen LogP contribution is -2.23. The molecule has 0 bridgehead atoms. The van der Waals surface area contributed by atoms with E-state index in [9.17, 15) is 9.59 Å². The van der Waals surface area contributed by atoms with Gasteiger partial charge < -0.3 is 23.9 Å². The maximum absolute atomic E-state index is 12.3. The molecule has 8 heteroatoms. The molecule has 32 heavy (non-hydrogen) atoms. The molecule has 0 aliphatic carbocycles. The fourth-order valence-electron chi connectivity index (χ4n) is 3.81. The van der Waals surface area contributed by atoms with Crippen LogP contribution in [0.4, 0.5) is 0 Å². The van der Waals surface area contributed by atoms with Crippen LogP contribution in [0.5, 0.6) is 11.5 Å². The molecule has 1 fully saturated rings. The average molecular weight is 440 g/mol. The van der Waals surface area contributed by atoms with Crippen molar-refractivity contribution in [2.75, 3.05) is 20.3 Å². The van der Waals surface area contributed by atoms with E-state index in [-0.39, 0.29) is 12.0 Å². The van der Waals surface area contributed by atoms with Crippen molar-refractivity contribution in [3.05, 3.63) is 58.6 Å². The van der Waals surface area contributed by atoms with Crippen molar-refractivity contribution >= 4 is 17.0 Å². The summed E-state index contributed by atoms with van der Waals surface area (Å²) < 4.78 is 23.6. The van der Waals surface area contributed by atoms with Crippen molar-refractivity contribution < 1.29 is 23.4 Å². The van der Waals surface area contributed by atoms with Crippen LogP contribution in [0.15, 0.2) is 51.7 Å². The van der Waals surface area contributed by atoms with Gasteiger partial charge in [-0.1, -0.05) is 18.2 Å². The standard InChI is InChI=1S/C24H28N2O6/c1-29-22-14-17(10-11-21(22)31-16-18-6-5-13-30-18)15-25-23(27)9-4-12-26-19-7-2-3-8-20(19)32-24(26)28/h2-3,7-8,10-11,14,18H,4-6,9,12-13,15-16H2,1H3,(H,25,27). The van der Waals surface area contributed by atoms with E-state index in [0.717, 1.165) is 30.5 Å². The summed E-state index contributed by atoms with van der Waals surface area (Å²) in [5.41, 5.74) is 2.21. The van der Waals surface area contributed by atoms with E-state index in [0.29, 0.717) is 49.6 Å². The number of aromatic nitrogens is 1. The molecular weight excluding hydrogens is 412 g/mol. The number of methoxy groups -OCH3 is 1. The van der Waals surface area contributed by atoms with Crippen LogP contribution in [-0.2, 0) is 22.6 Å². The first-order chi connectivity index (χ1) is 15.6. The van der Waals surface area contributed by atoms with Crippen molar-refractivity contribution in [3.8, 4) is 11.5 Å². The third kappa shape index (κ3) is 5.31. The number of ether oxygens (including phenoxy) is 3. The van der Waals surface area contributed by atoms with Crippen molar-refractivity contribution in [3.63, 3.8) is 0 Å². The Kier molecular flexibility index (Phi) is 7.11. The topological polar surface area (TPSA) is 91.9 Å². The lowest BCUT2D eigenvalue weighted by Gasteiger charge is -2.15. The molecule has 1 atom stereocenters. The highest BCUT2D eigenvalue weighted by atomic mass is 16.5. The maximum Gasteiger partial charge on any atom is 0.419 e. The summed E-state index contributed by atoms with van der Waals surface area (Å²) in [4.78, 5) is 24.3. The highest BCUT2D eigenvalue weighted by Crippen LogP contribution is 2.29. The highest BCUT2D eigenvalue weighted by molar-refractivity contribution is 5.76. The molecule has 3 aromatic rings. The van der Waals surface area contributed by atoms with Crippen LogP contribution in [0.1, 0.15) is 31.2 Å². The third-order valence-corrected chi connectivity index (χ3v) is 5.53. The fourth-order valence-corrected chi connectivity index (χ4v) is 3.81. The van der Waals surface area contributed by atoms with E-state index in [1.807, 2.05) is 36.4 Å².